The minimum atomic E-state index is 0.0457. The number of ether oxygens (including phenoxy) is 1. The monoisotopic (exact) mass is 254 g/mol. The first-order valence-electron chi connectivity index (χ1n) is 7.59. The molecule has 3 heteroatoms. The van der Waals surface area contributed by atoms with Gasteiger partial charge in [-0.05, 0) is 59.0 Å². The largest absolute Gasteiger partial charge is 0.375 e. The number of hydrogen-bond donors (Lipinski definition) is 1. The van der Waals surface area contributed by atoms with Gasteiger partial charge in [0.25, 0.3) is 0 Å². The third kappa shape index (κ3) is 3.25. The molecule has 2 aliphatic rings. The molecule has 106 valence electrons. The Morgan fingerprint density at radius 3 is 2.61 bits per heavy atom. The SMILES string of the molecule is CN(C1CCOC(C)(C)C1)C1CCCCC1CN. The zero-order chi connectivity index (χ0) is 13.2. The molecule has 2 N–H and O–H groups in total. The summed E-state index contributed by atoms with van der Waals surface area (Å²) in [5.74, 6) is 0.703. The highest BCUT2D eigenvalue weighted by Gasteiger charge is 2.36. The summed E-state index contributed by atoms with van der Waals surface area (Å²) in [6.45, 7) is 6.19. The molecule has 1 heterocycles. The van der Waals surface area contributed by atoms with Crippen molar-refractivity contribution < 1.29 is 4.74 Å². The third-order valence-corrected chi connectivity index (χ3v) is 4.94. The molecule has 1 aliphatic carbocycles. The maximum Gasteiger partial charge on any atom is 0.0641 e. The summed E-state index contributed by atoms with van der Waals surface area (Å²) in [5.41, 5.74) is 6.01. The van der Waals surface area contributed by atoms with E-state index in [2.05, 4.69) is 25.8 Å². The molecule has 1 saturated heterocycles. The zero-order valence-corrected chi connectivity index (χ0v) is 12.3. The highest BCUT2D eigenvalue weighted by atomic mass is 16.5. The summed E-state index contributed by atoms with van der Waals surface area (Å²) >= 11 is 0. The first-order valence-corrected chi connectivity index (χ1v) is 7.59. The van der Waals surface area contributed by atoms with E-state index in [1.807, 2.05) is 0 Å². The van der Waals surface area contributed by atoms with Crippen LogP contribution in [-0.2, 0) is 4.74 Å². The van der Waals surface area contributed by atoms with E-state index in [-0.39, 0.29) is 5.60 Å². The van der Waals surface area contributed by atoms with Gasteiger partial charge in [0.15, 0.2) is 0 Å². The lowest BCUT2D eigenvalue weighted by atomic mass is 9.82. The Labute approximate surface area is 112 Å². The molecule has 3 unspecified atom stereocenters. The van der Waals surface area contributed by atoms with Crippen molar-refractivity contribution in [3.8, 4) is 0 Å². The summed E-state index contributed by atoms with van der Waals surface area (Å²) in [7, 11) is 2.31. The van der Waals surface area contributed by atoms with E-state index >= 15 is 0 Å². The Balaban J connectivity index is 1.98. The second-order valence-corrected chi connectivity index (χ2v) is 6.77. The van der Waals surface area contributed by atoms with E-state index in [1.54, 1.807) is 0 Å². The zero-order valence-electron chi connectivity index (χ0n) is 12.3. The van der Waals surface area contributed by atoms with Crippen molar-refractivity contribution in [3.05, 3.63) is 0 Å². The van der Waals surface area contributed by atoms with Gasteiger partial charge in [0.05, 0.1) is 5.60 Å². The van der Waals surface area contributed by atoms with Crippen LogP contribution in [-0.4, -0.2) is 42.8 Å². The molecule has 2 rings (SSSR count). The van der Waals surface area contributed by atoms with Crippen LogP contribution in [0.2, 0.25) is 0 Å². The fraction of sp³-hybridized carbons (Fsp3) is 1.00. The van der Waals surface area contributed by atoms with Crippen LogP contribution in [0.25, 0.3) is 0 Å². The van der Waals surface area contributed by atoms with Gasteiger partial charge in [0, 0.05) is 18.7 Å². The fourth-order valence-corrected chi connectivity index (χ4v) is 3.82. The molecule has 2 fully saturated rings. The van der Waals surface area contributed by atoms with Crippen LogP contribution in [0.4, 0.5) is 0 Å². The topological polar surface area (TPSA) is 38.5 Å². The first kappa shape index (κ1) is 14.3. The van der Waals surface area contributed by atoms with E-state index < -0.39 is 0 Å². The van der Waals surface area contributed by atoms with Crippen LogP contribution in [0, 0.1) is 5.92 Å². The average molecular weight is 254 g/mol. The van der Waals surface area contributed by atoms with Crippen LogP contribution in [0.5, 0.6) is 0 Å². The van der Waals surface area contributed by atoms with Gasteiger partial charge in [-0.1, -0.05) is 12.8 Å². The standard InChI is InChI=1S/C15H30N2O/c1-15(2)10-13(8-9-18-15)17(3)14-7-5-4-6-12(14)11-16/h12-14H,4-11,16H2,1-3H3. The van der Waals surface area contributed by atoms with Gasteiger partial charge in [-0.25, -0.2) is 0 Å². The number of nitrogens with zero attached hydrogens (tertiary/aromatic N) is 1. The number of rotatable bonds is 3. The predicted octanol–water partition coefficient (Wildman–Crippen LogP) is 2.39. The number of hydrogen-bond acceptors (Lipinski definition) is 3. The highest BCUT2D eigenvalue weighted by Crippen LogP contribution is 2.33. The molecular weight excluding hydrogens is 224 g/mol. The molecule has 0 aromatic carbocycles. The van der Waals surface area contributed by atoms with Crippen LogP contribution in [0.15, 0.2) is 0 Å². The summed E-state index contributed by atoms with van der Waals surface area (Å²) in [6, 6.07) is 1.37. The van der Waals surface area contributed by atoms with Crippen molar-refractivity contribution in [1.29, 1.82) is 0 Å². The van der Waals surface area contributed by atoms with Crippen LogP contribution < -0.4 is 5.73 Å². The van der Waals surface area contributed by atoms with E-state index in [4.69, 9.17) is 10.5 Å². The molecule has 1 saturated carbocycles. The molecule has 0 spiro atoms. The van der Waals surface area contributed by atoms with Crippen molar-refractivity contribution in [3.63, 3.8) is 0 Å². The third-order valence-electron chi connectivity index (χ3n) is 4.94. The minimum absolute atomic E-state index is 0.0457. The van der Waals surface area contributed by atoms with Crippen molar-refractivity contribution in [2.45, 2.75) is 70.1 Å². The van der Waals surface area contributed by atoms with Crippen molar-refractivity contribution in [2.24, 2.45) is 11.7 Å². The Morgan fingerprint density at radius 1 is 1.22 bits per heavy atom. The maximum absolute atomic E-state index is 5.96. The van der Waals surface area contributed by atoms with Gasteiger partial charge in [-0.3, -0.25) is 4.90 Å². The smallest absolute Gasteiger partial charge is 0.0641 e. The summed E-state index contributed by atoms with van der Waals surface area (Å²) in [4.78, 5) is 2.63. The molecule has 3 nitrogen and oxygen atoms in total. The van der Waals surface area contributed by atoms with Gasteiger partial charge in [-0.2, -0.15) is 0 Å². The lowest BCUT2D eigenvalue weighted by Gasteiger charge is -2.46. The van der Waals surface area contributed by atoms with E-state index in [1.165, 1.54) is 32.1 Å². The highest BCUT2D eigenvalue weighted by molar-refractivity contribution is 4.90. The minimum Gasteiger partial charge on any atom is -0.375 e. The van der Waals surface area contributed by atoms with E-state index in [9.17, 15) is 0 Å². The van der Waals surface area contributed by atoms with Crippen LogP contribution in [0.1, 0.15) is 52.4 Å². The molecule has 0 bridgehead atoms. The molecule has 0 aromatic heterocycles. The molecule has 0 amide bonds. The van der Waals surface area contributed by atoms with Crippen LogP contribution >= 0.6 is 0 Å². The Bertz CT molecular complexity index is 267. The van der Waals surface area contributed by atoms with Crippen molar-refractivity contribution in [1.82, 2.24) is 4.90 Å². The molecule has 0 aromatic rings. The normalized spacial score (nSPS) is 36.8. The van der Waals surface area contributed by atoms with Crippen molar-refractivity contribution >= 4 is 0 Å². The maximum atomic E-state index is 5.96. The van der Waals surface area contributed by atoms with Gasteiger partial charge in [0.1, 0.15) is 0 Å². The number of nitrogens with two attached hydrogens (primary N) is 1. The Hall–Kier alpha value is -0.120. The molecule has 18 heavy (non-hydrogen) atoms. The fourth-order valence-electron chi connectivity index (χ4n) is 3.82. The molecular formula is C15H30N2O. The predicted molar refractivity (Wildman–Crippen MR) is 75.6 cm³/mol. The Morgan fingerprint density at radius 2 is 1.94 bits per heavy atom. The summed E-state index contributed by atoms with van der Waals surface area (Å²) in [6.07, 6.45) is 7.71. The van der Waals surface area contributed by atoms with E-state index in [0.717, 1.165) is 19.6 Å². The average Bonchev–Trinajstić information content (AvgIpc) is 2.36. The summed E-state index contributed by atoms with van der Waals surface area (Å²) < 4.78 is 5.83. The van der Waals surface area contributed by atoms with E-state index in [0.29, 0.717) is 18.0 Å². The summed E-state index contributed by atoms with van der Waals surface area (Å²) in [5, 5.41) is 0. The second-order valence-electron chi connectivity index (χ2n) is 6.77. The second kappa shape index (κ2) is 5.89. The van der Waals surface area contributed by atoms with Gasteiger partial charge < -0.3 is 10.5 Å². The molecule has 0 radical (unpaired) electrons. The molecule has 1 aliphatic heterocycles. The lowest BCUT2D eigenvalue weighted by Crippen LogP contribution is -2.52. The lowest BCUT2D eigenvalue weighted by molar-refractivity contribution is -0.0898. The quantitative estimate of drug-likeness (QED) is 0.840. The first-order chi connectivity index (χ1) is 8.53. The van der Waals surface area contributed by atoms with Crippen LogP contribution in [0.3, 0.4) is 0 Å². The van der Waals surface area contributed by atoms with Crippen molar-refractivity contribution in [2.75, 3.05) is 20.2 Å². The molecule has 3 atom stereocenters. The van der Waals surface area contributed by atoms with Gasteiger partial charge in [-0.15, -0.1) is 0 Å². The Kier molecular flexibility index (Phi) is 4.68. The van der Waals surface area contributed by atoms with Gasteiger partial charge in [0.2, 0.25) is 0 Å². The van der Waals surface area contributed by atoms with Gasteiger partial charge >= 0.3 is 0 Å².